The van der Waals surface area contributed by atoms with E-state index in [4.69, 9.17) is 5.11 Å². The third-order valence-electron chi connectivity index (χ3n) is 4.93. The van der Waals surface area contributed by atoms with E-state index in [1.54, 1.807) is 23.3 Å². The van der Waals surface area contributed by atoms with Crippen LogP contribution in [0.1, 0.15) is 49.4 Å². The smallest absolute Gasteiger partial charge is 0.335 e. The average Bonchev–Trinajstić information content (AvgIpc) is 2.61. The summed E-state index contributed by atoms with van der Waals surface area (Å²) < 4.78 is 0. The van der Waals surface area contributed by atoms with Crippen LogP contribution in [0.5, 0.6) is 0 Å². The van der Waals surface area contributed by atoms with Crippen molar-refractivity contribution in [2.45, 2.75) is 39.0 Å². The second-order valence-corrected chi connectivity index (χ2v) is 6.80. The molecule has 0 amide bonds. The molecule has 0 spiro atoms. The number of carbonyl (C=O) groups is 1. The Balaban J connectivity index is 0.000000143. The molecule has 1 unspecified atom stereocenters. The molecule has 1 N–H and O–H groups in total. The third kappa shape index (κ3) is 3.94. The summed E-state index contributed by atoms with van der Waals surface area (Å²) in [6.45, 7) is 2.38. The molecule has 1 atom stereocenters. The van der Waals surface area contributed by atoms with Crippen LogP contribution in [0.4, 0.5) is 0 Å². The minimum Gasteiger partial charge on any atom is -0.478 e. The van der Waals surface area contributed by atoms with Crippen molar-refractivity contribution >= 4 is 16.7 Å². The molecule has 2 nitrogen and oxygen atoms in total. The van der Waals surface area contributed by atoms with Crippen LogP contribution in [0.15, 0.2) is 65.8 Å². The van der Waals surface area contributed by atoms with Crippen LogP contribution in [-0.2, 0) is 0 Å². The number of hydrogen-bond donors (Lipinski definition) is 1. The Labute approximate surface area is 143 Å². The highest BCUT2D eigenvalue weighted by Gasteiger charge is 2.17. The van der Waals surface area contributed by atoms with Crippen molar-refractivity contribution in [3.8, 4) is 0 Å². The van der Waals surface area contributed by atoms with Gasteiger partial charge in [0.15, 0.2) is 0 Å². The van der Waals surface area contributed by atoms with Crippen molar-refractivity contribution in [2.24, 2.45) is 5.92 Å². The molecular weight excluding hydrogens is 296 g/mol. The molecule has 0 aromatic heterocycles. The lowest BCUT2D eigenvalue weighted by molar-refractivity contribution is 0.0697. The Morgan fingerprint density at radius 1 is 1.00 bits per heavy atom. The molecule has 0 aliphatic heterocycles. The van der Waals surface area contributed by atoms with E-state index >= 15 is 0 Å². The lowest BCUT2D eigenvalue weighted by atomic mass is 9.80. The minimum absolute atomic E-state index is 0.332. The van der Waals surface area contributed by atoms with Crippen LogP contribution >= 0.6 is 0 Å². The zero-order valence-electron chi connectivity index (χ0n) is 14.2. The largest absolute Gasteiger partial charge is 0.478 e. The lowest BCUT2D eigenvalue weighted by Crippen LogP contribution is -2.08. The third-order valence-corrected chi connectivity index (χ3v) is 4.93. The van der Waals surface area contributed by atoms with Crippen molar-refractivity contribution in [3.63, 3.8) is 0 Å². The highest BCUT2D eigenvalue weighted by molar-refractivity contribution is 5.94. The van der Waals surface area contributed by atoms with Gasteiger partial charge in [-0.3, -0.25) is 0 Å². The van der Waals surface area contributed by atoms with Crippen molar-refractivity contribution < 1.29 is 9.90 Å². The maximum Gasteiger partial charge on any atom is 0.335 e. The van der Waals surface area contributed by atoms with Gasteiger partial charge in [-0.2, -0.15) is 0 Å². The van der Waals surface area contributed by atoms with E-state index in [1.165, 1.54) is 32.1 Å². The first-order chi connectivity index (χ1) is 11.6. The summed E-state index contributed by atoms with van der Waals surface area (Å²) in [6, 6.07) is 12.8. The number of allylic oxidation sites excluding steroid dienone is 4. The predicted octanol–water partition coefficient (Wildman–Crippen LogP) is 5.99. The maximum atomic E-state index is 10.6. The molecular formula is C22H24O2. The number of carboxylic acid groups (broad SMARTS) is 1. The van der Waals surface area contributed by atoms with Crippen molar-refractivity contribution in [2.75, 3.05) is 0 Å². The minimum atomic E-state index is -0.884. The lowest BCUT2D eigenvalue weighted by Gasteiger charge is -2.25. The number of rotatable bonds is 1. The highest BCUT2D eigenvalue weighted by Crippen LogP contribution is 2.35. The molecule has 124 valence electrons. The Kier molecular flexibility index (Phi) is 5.14. The molecule has 4 rings (SSSR count). The first kappa shape index (κ1) is 16.5. The highest BCUT2D eigenvalue weighted by atomic mass is 16.4. The number of hydrogen-bond acceptors (Lipinski definition) is 1. The van der Waals surface area contributed by atoms with Gasteiger partial charge in [-0.25, -0.2) is 4.79 Å². The molecule has 0 fully saturated rings. The topological polar surface area (TPSA) is 37.3 Å². The Bertz CT molecular complexity index is 798. The first-order valence-electron chi connectivity index (χ1n) is 8.70. The summed E-state index contributed by atoms with van der Waals surface area (Å²) in [7, 11) is 0. The summed E-state index contributed by atoms with van der Waals surface area (Å²) in [5, 5.41) is 10.8. The van der Waals surface area contributed by atoms with Gasteiger partial charge >= 0.3 is 5.97 Å². The maximum absolute atomic E-state index is 10.6. The number of aromatic carboxylic acids is 1. The second-order valence-electron chi connectivity index (χ2n) is 6.80. The SMILES string of the molecule is CC1CCC2=C(CC=CC2)C1.O=C(O)c1ccc2ccccc2c1. The second kappa shape index (κ2) is 7.48. The van der Waals surface area contributed by atoms with Crippen molar-refractivity contribution in [1.82, 2.24) is 0 Å². The number of carboxylic acids is 1. The zero-order chi connectivity index (χ0) is 16.9. The van der Waals surface area contributed by atoms with Gasteiger partial charge < -0.3 is 5.11 Å². The molecule has 0 heterocycles. The van der Waals surface area contributed by atoms with E-state index in [2.05, 4.69) is 19.1 Å². The van der Waals surface area contributed by atoms with Crippen LogP contribution in [0.25, 0.3) is 10.8 Å². The fourth-order valence-electron chi connectivity index (χ4n) is 3.51. The van der Waals surface area contributed by atoms with Gasteiger partial charge in [0, 0.05) is 0 Å². The van der Waals surface area contributed by atoms with Gasteiger partial charge in [-0.15, -0.1) is 0 Å². The molecule has 2 aromatic rings. The summed E-state index contributed by atoms with van der Waals surface area (Å²) in [6.07, 6.45) is 11.3. The molecule has 2 aliphatic rings. The summed E-state index contributed by atoms with van der Waals surface area (Å²) in [5.74, 6) is 0.0611. The molecule has 0 saturated carbocycles. The van der Waals surface area contributed by atoms with E-state index in [0.29, 0.717) is 5.56 Å². The van der Waals surface area contributed by atoms with Gasteiger partial charge in [-0.05, 0) is 60.9 Å². The van der Waals surface area contributed by atoms with E-state index < -0.39 is 5.97 Å². The summed E-state index contributed by atoms with van der Waals surface area (Å²) in [4.78, 5) is 10.6. The fourth-order valence-corrected chi connectivity index (χ4v) is 3.51. The standard InChI is InChI=1S/C11H8O2.C11H16/c12-11(13)10-6-5-8-3-1-2-4-9(8)7-10;1-9-6-7-10-4-2-3-5-11(10)8-9/h1-7H,(H,12,13);2-3,9H,4-8H2,1H3. The number of benzene rings is 2. The van der Waals surface area contributed by atoms with Crippen LogP contribution in [-0.4, -0.2) is 11.1 Å². The quantitative estimate of drug-likeness (QED) is 0.655. The van der Waals surface area contributed by atoms with Crippen molar-refractivity contribution in [3.05, 3.63) is 71.3 Å². The van der Waals surface area contributed by atoms with E-state index in [0.717, 1.165) is 16.7 Å². The van der Waals surface area contributed by atoms with E-state index in [1.807, 2.05) is 30.3 Å². The van der Waals surface area contributed by atoms with Gasteiger partial charge in [0.05, 0.1) is 5.56 Å². The Morgan fingerprint density at radius 3 is 2.46 bits per heavy atom. The summed E-state index contributed by atoms with van der Waals surface area (Å²) in [5.41, 5.74) is 3.84. The molecule has 2 aliphatic carbocycles. The monoisotopic (exact) mass is 320 g/mol. The first-order valence-corrected chi connectivity index (χ1v) is 8.70. The predicted molar refractivity (Wildman–Crippen MR) is 99.3 cm³/mol. The molecule has 0 saturated heterocycles. The molecule has 24 heavy (non-hydrogen) atoms. The molecule has 2 heteroatoms. The van der Waals surface area contributed by atoms with Crippen molar-refractivity contribution in [1.29, 1.82) is 0 Å². The molecule has 2 aromatic carbocycles. The average molecular weight is 320 g/mol. The normalized spacial score (nSPS) is 19.5. The van der Waals surface area contributed by atoms with Crippen LogP contribution < -0.4 is 0 Å². The molecule has 0 radical (unpaired) electrons. The van der Waals surface area contributed by atoms with Gasteiger partial charge in [-0.1, -0.05) is 60.6 Å². The van der Waals surface area contributed by atoms with Gasteiger partial charge in [0.25, 0.3) is 0 Å². The Hall–Kier alpha value is -2.35. The van der Waals surface area contributed by atoms with Gasteiger partial charge in [0.1, 0.15) is 0 Å². The van der Waals surface area contributed by atoms with Gasteiger partial charge in [0.2, 0.25) is 0 Å². The van der Waals surface area contributed by atoms with E-state index in [9.17, 15) is 4.79 Å². The van der Waals surface area contributed by atoms with Crippen LogP contribution in [0, 0.1) is 5.92 Å². The number of fused-ring (bicyclic) bond motifs is 1. The summed E-state index contributed by atoms with van der Waals surface area (Å²) >= 11 is 0. The zero-order valence-corrected chi connectivity index (χ0v) is 14.2. The fraction of sp³-hybridized carbons (Fsp3) is 0.318. The molecule has 0 bridgehead atoms. The van der Waals surface area contributed by atoms with Crippen LogP contribution in [0.3, 0.4) is 0 Å². The van der Waals surface area contributed by atoms with E-state index in [-0.39, 0.29) is 0 Å². The van der Waals surface area contributed by atoms with Crippen LogP contribution in [0.2, 0.25) is 0 Å². The Morgan fingerprint density at radius 2 is 1.71 bits per heavy atom.